The van der Waals surface area contributed by atoms with E-state index in [1.54, 1.807) is 14.2 Å². The Hall–Kier alpha value is -2.80. The number of anilines is 1. The van der Waals surface area contributed by atoms with Crippen LogP contribution in [0.1, 0.15) is 43.9 Å². The highest BCUT2D eigenvalue weighted by atomic mass is 32.2. The molecule has 0 saturated heterocycles. The molecule has 0 atom stereocenters. The van der Waals surface area contributed by atoms with Crippen LogP contribution in [0.5, 0.6) is 5.75 Å². The van der Waals surface area contributed by atoms with Gasteiger partial charge in [-0.3, -0.25) is 9.79 Å². The van der Waals surface area contributed by atoms with Gasteiger partial charge in [0.05, 0.1) is 17.6 Å². The number of carbonyl (C=O) groups excluding carboxylic acids is 1. The zero-order valence-electron chi connectivity index (χ0n) is 19.4. The molecule has 0 N–H and O–H groups in total. The van der Waals surface area contributed by atoms with Gasteiger partial charge in [-0.25, -0.2) is 5.01 Å². The van der Waals surface area contributed by atoms with E-state index in [-0.39, 0.29) is 9.99 Å². The summed E-state index contributed by atoms with van der Waals surface area (Å²) in [6.07, 6.45) is 2.05. The van der Waals surface area contributed by atoms with Crippen LogP contribution in [0, 0.1) is 0 Å². The van der Waals surface area contributed by atoms with Crippen LogP contribution in [0.15, 0.2) is 52.6 Å². The summed E-state index contributed by atoms with van der Waals surface area (Å²) in [5, 5.41) is 6.02. The number of hydrazone groups is 1. The largest absolute Gasteiger partial charge is 0.497 e. The van der Waals surface area contributed by atoms with Crippen LogP contribution in [0.25, 0.3) is 0 Å². The topological polar surface area (TPSA) is 57.5 Å². The molecule has 0 aliphatic carbocycles. The van der Waals surface area contributed by atoms with Gasteiger partial charge in [0.15, 0.2) is 0 Å². The molecule has 168 valence electrons. The van der Waals surface area contributed by atoms with Gasteiger partial charge in [0.2, 0.25) is 0 Å². The number of aryl methyl sites for hydroxylation is 1. The van der Waals surface area contributed by atoms with Crippen LogP contribution in [0.3, 0.4) is 0 Å². The van der Waals surface area contributed by atoms with E-state index in [0.717, 1.165) is 47.8 Å². The molecule has 4 rings (SSSR count). The Bertz CT molecular complexity index is 1090. The maximum absolute atomic E-state index is 12.1. The number of fused-ring (bicyclic) bond motifs is 1. The van der Waals surface area contributed by atoms with Crippen molar-refractivity contribution in [2.75, 3.05) is 32.1 Å². The summed E-state index contributed by atoms with van der Waals surface area (Å²) >= 11 is 1.32. The molecule has 2 aromatic carbocycles. The molecule has 6 nitrogen and oxygen atoms in total. The molecule has 0 spiro atoms. The number of aliphatic imine (C=N–C) groups is 1. The second kappa shape index (κ2) is 8.98. The molecular formula is C25H30N4O2S. The summed E-state index contributed by atoms with van der Waals surface area (Å²) in [5.74, 6) is 1.80. The third-order valence-electron chi connectivity index (χ3n) is 5.79. The van der Waals surface area contributed by atoms with Crippen molar-refractivity contribution < 1.29 is 9.53 Å². The number of hydrogen-bond acceptors (Lipinski definition) is 5. The first-order valence-electron chi connectivity index (χ1n) is 11.0. The maximum Gasteiger partial charge on any atom is 0.302 e. The standard InChI is InChI=1S/C25H30N4O2S/c1-6-26-23(19-9-7-11-20(16-19)31-5)29-14-8-10-17-15-18(12-13-21(17)29)22-25(2,3)32-24(30)28(4)27-22/h7,9,11-13,15-16H,6,8,10,14H2,1-5H3. The molecule has 32 heavy (non-hydrogen) atoms. The molecule has 2 aromatic rings. The highest BCUT2D eigenvalue weighted by Crippen LogP contribution is 2.37. The highest BCUT2D eigenvalue weighted by molar-refractivity contribution is 8.15. The molecule has 0 fully saturated rings. The fourth-order valence-electron chi connectivity index (χ4n) is 4.26. The van der Waals surface area contributed by atoms with Gasteiger partial charge in [-0.2, -0.15) is 5.10 Å². The molecule has 2 heterocycles. The SMILES string of the molecule is CCN=C(c1cccc(OC)c1)N1CCCc2cc(C3=NN(C)C(=O)SC3(C)C)ccc21. The third-order valence-corrected chi connectivity index (χ3v) is 6.93. The molecular weight excluding hydrogens is 420 g/mol. The van der Waals surface area contributed by atoms with E-state index in [1.807, 2.05) is 18.2 Å². The molecule has 2 aliphatic heterocycles. The third kappa shape index (κ3) is 4.26. The number of thioether (sulfide) groups is 1. The maximum atomic E-state index is 12.1. The Morgan fingerprint density at radius 3 is 2.81 bits per heavy atom. The zero-order chi connectivity index (χ0) is 22.9. The number of amides is 1. The number of amidine groups is 1. The normalized spacial score (nSPS) is 18.3. The van der Waals surface area contributed by atoms with E-state index in [1.165, 1.54) is 28.0 Å². The number of nitrogens with zero attached hydrogens (tertiary/aromatic N) is 4. The van der Waals surface area contributed by atoms with E-state index in [2.05, 4.69) is 55.0 Å². The lowest BCUT2D eigenvalue weighted by Gasteiger charge is -2.35. The number of carbonyl (C=O) groups is 1. The minimum atomic E-state index is -0.373. The second-order valence-electron chi connectivity index (χ2n) is 8.48. The molecule has 0 unspecified atom stereocenters. The predicted molar refractivity (Wildman–Crippen MR) is 134 cm³/mol. The zero-order valence-corrected chi connectivity index (χ0v) is 20.2. The first kappa shape index (κ1) is 22.4. The number of hydrogen-bond donors (Lipinski definition) is 0. The molecule has 2 aliphatic rings. The van der Waals surface area contributed by atoms with Crippen molar-refractivity contribution in [1.29, 1.82) is 0 Å². The lowest BCUT2D eigenvalue weighted by Crippen LogP contribution is -2.40. The first-order valence-corrected chi connectivity index (χ1v) is 11.8. The molecule has 0 saturated carbocycles. The van der Waals surface area contributed by atoms with Gasteiger partial charge in [0.25, 0.3) is 0 Å². The molecule has 1 amide bonds. The van der Waals surface area contributed by atoms with Crippen molar-refractivity contribution >= 4 is 34.2 Å². The van der Waals surface area contributed by atoms with Crippen LogP contribution < -0.4 is 9.64 Å². The summed E-state index contributed by atoms with van der Waals surface area (Å²) in [6.45, 7) is 7.80. The van der Waals surface area contributed by atoms with E-state index in [9.17, 15) is 4.79 Å². The Labute approximate surface area is 194 Å². The van der Waals surface area contributed by atoms with E-state index < -0.39 is 0 Å². The van der Waals surface area contributed by atoms with Crippen LogP contribution >= 0.6 is 11.8 Å². The molecule has 0 aromatic heterocycles. The average molecular weight is 451 g/mol. The van der Waals surface area contributed by atoms with Gasteiger partial charge in [0.1, 0.15) is 11.6 Å². The second-order valence-corrected chi connectivity index (χ2v) is 10.1. The van der Waals surface area contributed by atoms with E-state index >= 15 is 0 Å². The molecule has 0 bridgehead atoms. The Balaban J connectivity index is 1.74. The van der Waals surface area contributed by atoms with Crippen molar-refractivity contribution in [1.82, 2.24) is 5.01 Å². The summed E-state index contributed by atoms with van der Waals surface area (Å²) in [5.41, 5.74) is 5.51. The van der Waals surface area contributed by atoms with Crippen molar-refractivity contribution in [2.24, 2.45) is 10.1 Å². The fourth-order valence-corrected chi connectivity index (χ4v) is 5.12. The first-order chi connectivity index (χ1) is 15.3. The average Bonchev–Trinajstić information content (AvgIpc) is 2.79. The Morgan fingerprint density at radius 1 is 1.25 bits per heavy atom. The quantitative estimate of drug-likeness (QED) is 0.475. The number of ether oxygens (including phenoxy) is 1. The number of rotatable bonds is 4. The van der Waals surface area contributed by atoms with Crippen LogP contribution in [-0.4, -0.2) is 53.8 Å². The van der Waals surface area contributed by atoms with Gasteiger partial charge in [0, 0.05) is 31.4 Å². The van der Waals surface area contributed by atoms with Gasteiger partial charge in [-0.05, 0) is 69.0 Å². The number of methoxy groups -OCH3 is 1. The Morgan fingerprint density at radius 2 is 2.06 bits per heavy atom. The Kier molecular flexibility index (Phi) is 6.29. The van der Waals surface area contributed by atoms with Crippen molar-refractivity contribution in [3.8, 4) is 5.75 Å². The fraction of sp³-hybridized carbons (Fsp3) is 0.400. The summed E-state index contributed by atoms with van der Waals surface area (Å²) < 4.78 is 5.07. The van der Waals surface area contributed by atoms with Gasteiger partial charge in [-0.15, -0.1) is 0 Å². The summed E-state index contributed by atoms with van der Waals surface area (Å²) in [6, 6.07) is 14.6. The minimum Gasteiger partial charge on any atom is -0.497 e. The molecule has 7 heteroatoms. The predicted octanol–water partition coefficient (Wildman–Crippen LogP) is 5.20. The van der Waals surface area contributed by atoms with Crippen LogP contribution in [0.4, 0.5) is 10.5 Å². The lowest BCUT2D eigenvalue weighted by molar-refractivity contribution is 0.234. The van der Waals surface area contributed by atoms with Crippen LogP contribution in [0.2, 0.25) is 0 Å². The van der Waals surface area contributed by atoms with Gasteiger partial charge in [-0.1, -0.05) is 30.0 Å². The van der Waals surface area contributed by atoms with E-state index in [0.29, 0.717) is 6.54 Å². The molecule has 0 radical (unpaired) electrons. The lowest BCUT2D eigenvalue weighted by atomic mass is 9.93. The highest BCUT2D eigenvalue weighted by Gasteiger charge is 2.36. The monoisotopic (exact) mass is 450 g/mol. The van der Waals surface area contributed by atoms with Crippen LogP contribution in [-0.2, 0) is 6.42 Å². The van der Waals surface area contributed by atoms with E-state index in [4.69, 9.17) is 9.73 Å². The summed E-state index contributed by atoms with van der Waals surface area (Å²) in [4.78, 5) is 19.3. The van der Waals surface area contributed by atoms with Crippen molar-refractivity contribution in [3.63, 3.8) is 0 Å². The van der Waals surface area contributed by atoms with Gasteiger partial charge >= 0.3 is 5.24 Å². The van der Waals surface area contributed by atoms with Gasteiger partial charge < -0.3 is 9.64 Å². The summed E-state index contributed by atoms with van der Waals surface area (Å²) in [7, 11) is 3.40. The van der Waals surface area contributed by atoms with Crippen molar-refractivity contribution in [2.45, 2.75) is 38.4 Å². The minimum absolute atomic E-state index is 0.0263. The van der Waals surface area contributed by atoms with Crippen molar-refractivity contribution in [3.05, 3.63) is 59.2 Å². The number of benzene rings is 2. The smallest absolute Gasteiger partial charge is 0.302 e.